The van der Waals surface area contributed by atoms with E-state index in [2.05, 4.69) is 10.3 Å². The van der Waals surface area contributed by atoms with Gasteiger partial charge in [0, 0.05) is 34.1 Å². The number of nitrogens with one attached hydrogen (secondary N) is 2. The second-order valence-corrected chi connectivity index (χ2v) is 6.77. The van der Waals surface area contributed by atoms with E-state index in [4.69, 9.17) is 16.0 Å². The summed E-state index contributed by atoms with van der Waals surface area (Å²) in [6.45, 7) is 2.08. The minimum absolute atomic E-state index is 0.181. The van der Waals surface area contributed by atoms with Gasteiger partial charge < -0.3 is 14.7 Å². The fourth-order valence-electron chi connectivity index (χ4n) is 3.24. The standard InChI is InChI=1S/C20H15ClF2N2O2/c1-10-14(15-8-13(22)9-16(23)19(15)25-10)4-5-24-20(26)18-7-11-6-12(21)2-3-17(11)27-18/h2-3,6-9,25H,4-5H2,1H3,(H,24,26). The van der Waals surface area contributed by atoms with Crippen molar-refractivity contribution < 1.29 is 18.0 Å². The van der Waals surface area contributed by atoms with Crippen LogP contribution < -0.4 is 5.32 Å². The summed E-state index contributed by atoms with van der Waals surface area (Å²) in [6.07, 6.45) is 0.423. The van der Waals surface area contributed by atoms with Gasteiger partial charge in [-0.25, -0.2) is 8.78 Å². The summed E-state index contributed by atoms with van der Waals surface area (Å²) in [6, 6.07) is 8.87. The molecule has 0 saturated carbocycles. The van der Waals surface area contributed by atoms with Crippen molar-refractivity contribution in [3.63, 3.8) is 0 Å². The average molecular weight is 389 g/mol. The molecular formula is C20H15ClF2N2O2. The zero-order chi connectivity index (χ0) is 19.1. The van der Waals surface area contributed by atoms with Crippen molar-refractivity contribution in [1.29, 1.82) is 0 Å². The fraction of sp³-hybridized carbons (Fsp3) is 0.150. The first-order chi connectivity index (χ1) is 12.9. The molecular weight excluding hydrogens is 374 g/mol. The molecule has 4 aromatic rings. The highest BCUT2D eigenvalue weighted by Gasteiger charge is 2.15. The van der Waals surface area contributed by atoms with Crippen molar-refractivity contribution >= 4 is 39.4 Å². The highest BCUT2D eigenvalue weighted by molar-refractivity contribution is 6.31. The Morgan fingerprint density at radius 1 is 1.22 bits per heavy atom. The molecule has 0 aliphatic rings. The third kappa shape index (κ3) is 3.28. The monoisotopic (exact) mass is 388 g/mol. The van der Waals surface area contributed by atoms with Gasteiger partial charge in [-0.2, -0.15) is 0 Å². The molecule has 7 heteroatoms. The first-order valence-corrected chi connectivity index (χ1v) is 8.73. The van der Waals surface area contributed by atoms with Crippen molar-refractivity contribution in [3.8, 4) is 0 Å². The number of benzene rings is 2. The van der Waals surface area contributed by atoms with Crippen LogP contribution in [0.15, 0.2) is 40.8 Å². The molecule has 0 bridgehead atoms. The van der Waals surface area contributed by atoms with Crippen LogP contribution in [0.4, 0.5) is 8.78 Å². The van der Waals surface area contributed by atoms with Crippen LogP contribution in [0.1, 0.15) is 21.8 Å². The predicted molar refractivity (Wildman–Crippen MR) is 100 cm³/mol. The van der Waals surface area contributed by atoms with Crippen LogP contribution in [0.5, 0.6) is 0 Å². The molecule has 0 fully saturated rings. The Bertz CT molecular complexity index is 1180. The van der Waals surface area contributed by atoms with Crippen LogP contribution in [0, 0.1) is 18.6 Å². The van der Waals surface area contributed by atoms with Gasteiger partial charge >= 0.3 is 0 Å². The van der Waals surface area contributed by atoms with Crippen molar-refractivity contribution in [2.45, 2.75) is 13.3 Å². The third-order valence-electron chi connectivity index (χ3n) is 4.51. The van der Waals surface area contributed by atoms with Crippen molar-refractivity contribution in [1.82, 2.24) is 10.3 Å². The first-order valence-electron chi connectivity index (χ1n) is 8.36. The minimum atomic E-state index is -0.635. The predicted octanol–water partition coefficient (Wildman–Crippen LogP) is 5.13. The number of amides is 1. The van der Waals surface area contributed by atoms with Gasteiger partial charge in [-0.3, -0.25) is 4.79 Å². The van der Waals surface area contributed by atoms with E-state index in [0.29, 0.717) is 29.0 Å². The van der Waals surface area contributed by atoms with E-state index in [9.17, 15) is 13.6 Å². The Morgan fingerprint density at radius 2 is 2.04 bits per heavy atom. The number of carbonyl (C=O) groups is 1. The Morgan fingerprint density at radius 3 is 2.85 bits per heavy atom. The van der Waals surface area contributed by atoms with Gasteiger partial charge in [0.1, 0.15) is 17.2 Å². The van der Waals surface area contributed by atoms with Gasteiger partial charge in [-0.1, -0.05) is 11.6 Å². The number of aryl methyl sites for hydroxylation is 1. The Kier molecular flexibility index (Phi) is 4.36. The number of aromatic nitrogens is 1. The van der Waals surface area contributed by atoms with E-state index in [0.717, 1.165) is 22.7 Å². The Hall–Kier alpha value is -2.86. The molecule has 4 rings (SSSR count). The minimum Gasteiger partial charge on any atom is -0.451 e. The van der Waals surface area contributed by atoms with E-state index in [-0.39, 0.29) is 17.2 Å². The summed E-state index contributed by atoms with van der Waals surface area (Å²) < 4.78 is 32.9. The lowest BCUT2D eigenvalue weighted by molar-refractivity contribution is 0.0928. The van der Waals surface area contributed by atoms with E-state index in [1.165, 1.54) is 6.07 Å². The summed E-state index contributed by atoms with van der Waals surface area (Å²) >= 11 is 5.93. The van der Waals surface area contributed by atoms with Gasteiger partial charge in [0.2, 0.25) is 0 Å². The topological polar surface area (TPSA) is 58.0 Å². The second kappa shape index (κ2) is 6.70. The van der Waals surface area contributed by atoms with Crippen LogP contribution >= 0.6 is 11.6 Å². The fourth-order valence-corrected chi connectivity index (χ4v) is 3.42. The van der Waals surface area contributed by atoms with E-state index < -0.39 is 11.6 Å². The lowest BCUT2D eigenvalue weighted by atomic mass is 10.1. The van der Waals surface area contributed by atoms with Crippen LogP contribution in [-0.4, -0.2) is 17.4 Å². The number of rotatable bonds is 4. The lowest BCUT2D eigenvalue weighted by Gasteiger charge is -2.04. The SMILES string of the molecule is Cc1[nH]c2c(F)cc(F)cc2c1CCNC(=O)c1cc2cc(Cl)ccc2o1. The maximum absolute atomic E-state index is 13.9. The molecule has 0 unspecified atom stereocenters. The molecule has 0 radical (unpaired) electrons. The van der Waals surface area contributed by atoms with Gasteiger partial charge in [0.15, 0.2) is 5.76 Å². The summed E-state index contributed by atoms with van der Waals surface area (Å²) in [5, 5.41) is 4.55. The van der Waals surface area contributed by atoms with Crippen LogP contribution in [0.25, 0.3) is 21.9 Å². The molecule has 0 atom stereocenters. The smallest absolute Gasteiger partial charge is 0.287 e. The van der Waals surface area contributed by atoms with E-state index in [1.807, 2.05) is 0 Å². The average Bonchev–Trinajstić information content (AvgIpc) is 3.16. The molecule has 0 aliphatic heterocycles. The number of fused-ring (bicyclic) bond motifs is 2. The summed E-state index contributed by atoms with van der Waals surface area (Å²) in [5.41, 5.74) is 2.34. The number of aromatic amines is 1. The normalized spacial score (nSPS) is 11.4. The Labute approximate surface area is 158 Å². The number of furan rings is 1. The first kappa shape index (κ1) is 17.5. The molecule has 138 valence electrons. The molecule has 2 aromatic heterocycles. The highest BCUT2D eigenvalue weighted by atomic mass is 35.5. The van der Waals surface area contributed by atoms with Gasteiger partial charge in [-0.05, 0) is 49.2 Å². The van der Waals surface area contributed by atoms with E-state index in [1.54, 1.807) is 31.2 Å². The van der Waals surface area contributed by atoms with Crippen molar-refractivity contribution in [2.24, 2.45) is 0 Å². The maximum Gasteiger partial charge on any atom is 0.287 e. The summed E-state index contributed by atoms with van der Waals surface area (Å²) in [5.74, 6) is -1.45. The molecule has 2 aromatic carbocycles. The highest BCUT2D eigenvalue weighted by Crippen LogP contribution is 2.26. The van der Waals surface area contributed by atoms with Crippen molar-refractivity contribution in [2.75, 3.05) is 6.54 Å². The quantitative estimate of drug-likeness (QED) is 0.509. The third-order valence-corrected chi connectivity index (χ3v) is 4.74. The van der Waals surface area contributed by atoms with Crippen LogP contribution in [0.2, 0.25) is 5.02 Å². The van der Waals surface area contributed by atoms with E-state index >= 15 is 0 Å². The largest absolute Gasteiger partial charge is 0.451 e. The van der Waals surface area contributed by atoms with Gasteiger partial charge in [0.05, 0.1) is 5.52 Å². The number of halogens is 3. The second-order valence-electron chi connectivity index (χ2n) is 6.34. The van der Waals surface area contributed by atoms with Crippen molar-refractivity contribution in [3.05, 3.63) is 70.1 Å². The molecule has 1 amide bonds. The summed E-state index contributed by atoms with van der Waals surface area (Å²) in [7, 11) is 0. The molecule has 2 N–H and O–H groups in total. The Balaban J connectivity index is 1.50. The molecule has 0 aliphatic carbocycles. The van der Waals surface area contributed by atoms with Crippen LogP contribution in [-0.2, 0) is 6.42 Å². The molecule has 0 saturated heterocycles. The molecule has 2 heterocycles. The number of H-pyrrole nitrogens is 1. The molecule has 0 spiro atoms. The molecule has 27 heavy (non-hydrogen) atoms. The maximum atomic E-state index is 13.9. The van der Waals surface area contributed by atoms with Gasteiger partial charge in [0.25, 0.3) is 5.91 Å². The zero-order valence-corrected chi connectivity index (χ0v) is 15.1. The molecule has 4 nitrogen and oxygen atoms in total. The number of hydrogen-bond acceptors (Lipinski definition) is 2. The lowest BCUT2D eigenvalue weighted by Crippen LogP contribution is -2.25. The number of hydrogen-bond donors (Lipinski definition) is 2. The zero-order valence-electron chi connectivity index (χ0n) is 14.3. The van der Waals surface area contributed by atoms with Crippen LogP contribution in [0.3, 0.4) is 0 Å². The summed E-state index contributed by atoms with van der Waals surface area (Å²) in [4.78, 5) is 15.2. The number of carbonyl (C=O) groups excluding carboxylic acids is 1. The van der Waals surface area contributed by atoms with Gasteiger partial charge in [-0.15, -0.1) is 0 Å².